The molecule has 0 bridgehead atoms. The SMILES string of the molecule is Cc1nc2ccc(Cl)cc2n1-c1ccc(Cl)cc1. The predicted octanol–water partition coefficient (Wildman–Crippen LogP) is 4.64. The first kappa shape index (κ1) is 11.6. The van der Waals surface area contributed by atoms with Gasteiger partial charge < -0.3 is 0 Å². The Morgan fingerprint density at radius 3 is 2.33 bits per heavy atom. The fourth-order valence-electron chi connectivity index (χ4n) is 2.08. The Morgan fingerprint density at radius 1 is 0.944 bits per heavy atom. The molecule has 0 atom stereocenters. The third-order valence-corrected chi connectivity index (χ3v) is 3.36. The van der Waals surface area contributed by atoms with Crippen molar-refractivity contribution in [3.8, 4) is 5.69 Å². The van der Waals surface area contributed by atoms with Crippen LogP contribution in [-0.2, 0) is 0 Å². The summed E-state index contributed by atoms with van der Waals surface area (Å²) in [6.07, 6.45) is 0. The van der Waals surface area contributed by atoms with Crippen molar-refractivity contribution in [3.63, 3.8) is 0 Å². The number of aryl methyl sites for hydroxylation is 1. The Kier molecular flexibility index (Phi) is 2.77. The van der Waals surface area contributed by atoms with Gasteiger partial charge in [0.15, 0.2) is 0 Å². The van der Waals surface area contributed by atoms with E-state index in [1.807, 2.05) is 49.4 Å². The van der Waals surface area contributed by atoms with Crippen molar-refractivity contribution >= 4 is 34.2 Å². The average Bonchev–Trinajstić information content (AvgIpc) is 2.66. The number of benzene rings is 2. The van der Waals surface area contributed by atoms with Gasteiger partial charge in [-0.1, -0.05) is 23.2 Å². The minimum absolute atomic E-state index is 0.706. The van der Waals surface area contributed by atoms with Crippen LogP contribution in [0.1, 0.15) is 5.82 Å². The molecular weight excluding hydrogens is 267 g/mol. The minimum Gasteiger partial charge on any atom is -0.296 e. The van der Waals surface area contributed by atoms with Gasteiger partial charge in [0.05, 0.1) is 11.0 Å². The molecular formula is C14H10Cl2N2. The molecule has 0 spiro atoms. The first-order valence-electron chi connectivity index (χ1n) is 5.56. The van der Waals surface area contributed by atoms with E-state index in [0.29, 0.717) is 5.02 Å². The van der Waals surface area contributed by atoms with Crippen LogP contribution in [-0.4, -0.2) is 9.55 Å². The van der Waals surface area contributed by atoms with Crippen LogP contribution < -0.4 is 0 Å². The lowest BCUT2D eigenvalue weighted by Gasteiger charge is -2.07. The predicted molar refractivity (Wildman–Crippen MR) is 75.8 cm³/mol. The molecule has 0 saturated heterocycles. The number of halogens is 2. The number of aromatic nitrogens is 2. The average molecular weight is 277 g/mol. The topological polar surface area (TPSA) is 17.8 Å². The highest BCUT2D eigenvalue weighted by Gasteiger charge is 2.09. The first-order chi connectivity index (χ1) is 8.65. The molecule has 2 nitrogen and oxygen atoms in total. The van der Waals surface area contributed by atoms with Crippen LogP contribution in [0.5, 0.6) is 0 Å². The first-order valence-corrected chi connectivity index (χ1v) is 6.31. The Bertz CT molecular complexity index is 714. The number of nitrogens with zero attached hydrogens (tertiary/aromatic N) is 2. The van der Waals surface area contributed by atoms with Gasteiger partial charge in [-0.25, -0.2) is 4.98 Å². The Balaban J connectivity index is 2.30. The number of imidazole rings is 1. The number of hydrogen-bond acceptors (Lipinski definition) is 1. The van der Waals surface area contributed by atoms with E-state index in [4.69, 9.17) is 23.2 Å². The molecule has 0 saturated carbocycles. The van der Waals surface area contributed by atoms with Gasteiger partial charge in [-0.3, -0.25) is 4.57 Å². The lowest BCUT2D eigenvalue weighted by Crippen LogP contribution is -1.96. The maximum atomic E-state index is 6.05. The highest BCUT2D eigenvalue weighted by molar-refractivity contribution is 6.31. The quantitative estimate of drug-likeness (QED) is 0.633. The van der Waals surface area contributed by atoms with Crippen LogP contribution in [0.3, 0.4) is 0 Å². The molecule has 0 aliphatic rings. The molecule has 1 heterocycles. The van der Waals surface area contributed by atoms with Crippen LogP contribution in [0.2, 0.25) is 10.0 Å². The summed E-state index contributed by atoms with van der Waals surface area (Å²) in [4.78, 5) is 4.52. The fourth-order valence-corrected chi connectivity index (χ4v) is 2.38. The third-order valence-electron chi connectivity index (χ3n) is 2.87. The van der Waals surface area contributed by atoms with Gasteiger partial charge in [0, 0.05) is 15.7 Å². The van der Waals surface area contributed by atoms with Gasteiger partial charge in [0.1, 0.15) is 5.82 Å². The molecule has 0 fully saturated rings. The molecule has 0 amide bonds. The molecule has 0 aliphatic heterocycles. The lowest BCUT2D eigenvalue weighted by atomic mass is 10.3. The zero-order valence-corrected chi connectivity index (χ0v) is 11.2. The molecule has 90 valence electrons. The van der Waals surface area contributed by atoms with Gasteiger partial charge in [-0.2, -0.15) is 0 Å². The third kappa shape index (κ3) is 1.88. The molecule has 0 unspecified atom stereocenters. The van der Waals surface area contributed by atoms with Gasteiger partial charge >= 0.3 is 0 Å². The van der Waals surface area contributed by atoms with E-state index >= 15 is 0 Å². The molecule has 4 heteroatoms. The van der Waals surface area contributed by atoms with Crippen LogP contribution in [0.25, 0.3) is 16.7 Å². The maximum Gasteiger partial charge on any atom is 0.111 e. The number of fused-ring (bicyclic) bond motifs is 1. The van der Waals surface area contributed by atoms with Crippen molar-refractivity contribution in [2.24, 2.45) is 0 Å². The summed E-state index contributed by atoms with van der Waals surface area (Å²) in [5.41, 5.74) is 2.97. The standard InChI is InChI=1S/C14H10Cl2N2/c1-9-17-13-7-4-11(16)8-14(13)18(9)12-5-2-10(15)3-6-12/h2-8H,1H3. The normalized spacial score (nSPS) is 11.1. The van der Waals surface area contributed by atoms with Gasteiger partial charge in [0.2, 0.25) is 0 Å². The van der Waals surface area contributed by atoms with E-state index < -0.39 is 0 Å². The van der Waals surface area contributed by atoms with Crippen molar-refractivity contribution in [1.29, 1.82) is 0 Å². The number of rotatable bonds is 1. The molecule has 3 aromatic rings. The Hall–Kier alpha value is -1.51. The largest absolute Gasteiger partial charge is 0.296 e. The summed E-state index contributed by atoms with van der Waals surface area (Å²) < 4.78 is 2.07. The van der Waals surface area contributed by atoms with E-state index in [1.165, 1.54) is 0 Å². The van der Waals surface area contributed by atoms with E-state index in [1.54, 1.807) is 0 Å². The molecule has 0 radical (unpaired) electrons. The van der Waals surface area contributed by atoms with Gasteiger partial charge in [0.25, 0.3) is 0 Å². The van der Waals surface area contributed by atoms with E-state index in [9.17, 15) is 0 Å². The zero-order chi connectivity index (χ0) is 12.7. The zero-order valence-electron chi connectivity index (χ0n) is 9.69. The summed E-state index contributed by atoms with van der Waals surface area (Å²) in [5.74, 6) is 0.926. The van der Waals surface area contributed by atoms with Crippen molar-refractivity contribution in [2.75, 3.05) is 0 Å². The van der Waals surface area contributed by atoms with Crippen molar-refractivity contribution in [3.05, 3.63) is 58.3 Å². The summed E-state index contributed by atoms with van der Waals surface area (Å²) in [6.45, 7) is 1.97. The Morgan fingerprint density at radius 2 is 1.61 bits per heavy atom. The van der Waals surface area contributed by atoms with Gasteiger partial charge in [-0.15, -0.1) is 0 Å². The smallest absolute Gasteiger partial charge is 0.111 e. The second kappa shape index (κ2) is 4.30. The monoisotopic (exact) mass is 276 g/mol. The summed E-state index contributed by atoms with van der Waals surface area (Å²) in [7, 11) is 0. The van der Waals surface area contributed by atoms with E-state index in [2.05, 4.69) is 9.55 Å². The summed E-state index contributed by atoms with van der Waals surface area (Å²) in [6, 6.07) is 13.4. The molecule has 2 aromatic carbocycles. The van der Waals surface area contributed by atoms with E-state index in [-0.39, 0.29) is 0 Å². The molecule has 18 heavy (non-hydrogen) atoms. The van der Waals surface area contributed by atoms with Crippen molar-refractivity contribution < 1.29 is 0 Å². The van der Waals surface area contributed by atoms with Crippen LogP contribution in [0, 0.1) is 6.92 Å². The van der Waals surface area contributed by atoms with Crippen LogP contribution in [0.15, 0.2) is 42.5 Å². The Labute approximate surface area is 115 Å². The molecule has 1 aromatic heterocycles. The van der Waals surface area contributed by atoms with Crippen LogP contribution >= 0.6 is 23.2 Å². The summed E-state index contributed by atoms with van der Waals surface area (Å²) >= 11 is 12.0. The highest BCUT2D eigenvalue weighted by Crippen LogP contribution is 2.24. The second-order valence-corrected chi connectivity index (χ2v) is 4.98. The molecule has 0 aliphatic carbocycles. The van der Waals surface area contributed by atoms with E-state index in [0.717, 1.165) is 27.6 Å². The van der Waals surface area contributed by atoms with Crippen LogP contribution in [0.4, 0.5) is 0 Å². The summed E-state index contributed by atoms with van der Waals surface area (Å²) in [5, 5.41) is 1.43. The highest BCUT2D eigenvalue weighted by atomic mass is 35.5. The number of hydrogen-bond donors (Lipinski definition) is 0. The molecule has 0 N–H and O–H groups in total. The van der Waals surface area contributed by atoms with Crippen molar-refractivity contribution in [2.45, 2.75) is 6.92 Å². The minimum atomic E-state index is 0.706. The second-order valence-electron chi connectivity index (χ2n) is 4.10. The maximum absolute atomic E-state index is 6.05. The van der Waals surface area contributed by atoms with Crippen molar-refractivity contribution in [1.82, 2.24) is 9.55 Å². The van der Waals surface area contributed by atoms with Gasteiger partial charge in [-0.05, 0) is 49.4 Å². The lowest BCUT2D eigenvalue weighted by molar-refractivity contribution is 1.00. The molecule has 3 rings (SSSR count). The fraction of sp³-hybridized carbons (Fsp3) is 0.0714.